The number of esters is 1. The molecule has 0 radical (unpaired) electrons. The van der Waals surface area contributed by atoms with Crippen molar-refractivity contribution in [3.05, 3.63) is 34.1 Å². The van der Waals surface area contributed by atoms with Crippen LogP contribution in [0.1, 0.15) is 26.5 Å². The van der Waals surface area contributed by atoms with Gasteiger partial charge in [0, 0.05) is 18.2 Å². The first kappa shape index (κ1) is 18.3. The molecule has 0 aliphatic carbocycles. The second-order valence-electron chi connectivity index (χ2n) is 5.69. The minimum atomic E-state index is -1.01. The number of amides is 1. The molecule has 0 aromatic carbocycles. The molecule has 0 aliphatic rings. The molecule has 9 nitrogen and oxygen atoms in total. The van der Waals surface area contributed by atoms with Crippen molar-refractivity contribution >= 4 is 17.7 Å². The molecule has 0 bridgehead atoms. The van der Waals surface area contributed by atoms with Crippen LogP contribution in [0.15, 0.2) is 18.3 Å². The number of carbonyl (C=O) groups is 2. The number of hydrogen-bond acceptors (Lipinski definition) is 7. The maximum absolute atomic E-state index is 11.8. The molecule has 0 aliphatic heterocycles. The molecule has 1 heterocycles. The Labute approximate surface area is 133 Å². The lowest BCUT2D eigenvalue weighted by Crippen LogP contribution is -2.45. The predicted molar refractivity (Wildman–Crippen MR) is 79.8 cm³/mol. The molecular formula is C14H19N3O6. The molecule has 0 saturated carbocycles. The summed E-state index contributed by atoms with van der Waals surface area (Å²) in [6.07, 6.45) is 0.330. The highest BCUT2D eigenvalue weighted by Gasteiger charge is 2.25. The summed E-state index contributed by atoms with van der Waals surface area (Å²) in [5, 5.41) is 13.0. The van der Waals surface area contributed by atoms with Crippen LogP contribution in [-0.2, 0) is 20.7 Å². The van der Waals surface area contributed by atoms with Gasteiger partial charge in [0.25, 0.3) is 5.69 Å². The number of hydrogen-bond donors (Lipinski definition) is 1. The lowest BCUT2D eigenvalue weighted by Gasteiger charge is -2.22. The average molecular weight is 325 g/mol. The van der Waals surface area contributed by atoms with E-state index in [1.54, 1.807) is 20.8 Å². The van der Waals surface area contributed by atoms with Gasteiger partial charge in [-0.05, 0) is 26.8 Å². The summed E-state index contributed by atoms with van der Waals surface area (Å²) in [4.78, 5) is 37.4. The maximum Gasteiger partial charge on any atom is 0.408 e. The number of nitro groups is 1. The van der Waals surface area contributed by atoms with Gasteiger partial charge in [-0.3, -0.25) is 15.1 Å². The maximum atomic E-state index is 11.8. The van der Waals surface area contributed by atoms with E-state index in [4.69, 9.17) is 4.74 Å². The lowest BCUT2D eigenvalue weighted by molar-refractivity contribution is -0.385. The van der Waals surface area contributed by atoms with E-state index in [-0.39, 0.29) is 12.1 Å². The van der Waals surface area contributed by atoms with E-state index >= 15 is 0 Å². The largest absolute Gasteiger partial charge is 0.467 e. The molecule has 1 unspecified atom stereocenters. The van der Waals surface area contributed by atoms with Gasteiger partial charge in [-0.25, -0.2) is 9.59 Å². The Morgan fingerprint density at radius 2 is 2.04 bits per heavy atom. The van der Waals surface area contributed by atoms with Crippen LogP contribution in [0.2, 0.25) is 0 Å². The molecule has 0 saturated heterocycles. The van der Waals surface area contributed by atoms with Crippen LogP contribution in [0.3, 0.4) is 0 Å². The van der Waals surface area contributed by atoms with Gasteiger partial charge in [-0.1, -0.05) is 0 Å². The van der Waals surface area contributed by atoms with Crippen molar-refractivity contribution in [3.63, 3.8) is 0 Å². The Hall–Kier alpha value is -2.71. The quantitative estimate of drug-likeness (QED) is 0.496. The second kappa shape index (κ2) is 7.52. The molecular weight excluding hydrogens is 306 g/mol. The fourth-order valence-electron chi connectivity index (χ4n) is 1.64. The standard InChI is InChI=1S/C14H19N3O6/c1-14(2,3)23-13(19)16-11(12(18)22-4)7-9-5-6-10(8-15-9)17(20)21/h5-6,8,11H,7H2,1-4H3,(H,16,19). The van der Waals surface area contributed by atoms with Gasteiger partial charge < -0.3 is 14.8 Å². The molecule has 0 spiro atoms. The zero-order valence-corrected chi connectivity index (χ0v) is 13.4. The fourth-order valence-corrected chi connectivity index (χ4v) is 1.64. The molecule has 23 heavy (non-hydrogen) atoms. The van der Waals surface area contributed by atoms with E-state index in [1.165, 1.54) is 19.2 Å². The number of nitrogens with zero attached hydrogens (tertiary/aromatic N) is 2. The van der Waals surface area contributed by atoms with Crippen molar-refractivity contribution in [2.45, 2.75) is 38.8 Å². The minimum absolute atomic E-state index is 0.0178. The molecule has 1 atom stereocenters. The summed E-state index contributed by atoms with van der Waals surface area (Å²) in [7, 11) is 1.19. The van der Waals surface area contributed by atoms with Crippen LogP contribution >= 0.6 is 0 Å². The molecule has 1 N–H and O–H groups in total. The highest BCUT2D eigenvalue weighted by atomic mass is 16.6. The Morgan fingerprint density at radius 1 is 1.39 bits per heavy atom. The number of aromatic nitrogens is 1. The van der Waals surface area contributed by atoms with Crippen molar-refractivity contribution in [1.29, 1.82) is 0 Å². The summed E-state index contributed by atoms with van der Waals surface area (Å²) in [6.45, 7) is 5.08. The van der Waals surface area contributed by atoms with Crippen molar-refractivity contribution < 1.29 is 24.0 Å². The smallest absolute Gasteiger partial charge is 0.408 e. The monoisotopic (exact) mass is 325 g/mol. The summed E-state index contributed by atoms with van der Waals surface area (Å²) < 4.78 is 9.72. The van der Waals surface area contributed by atoms with Gasteiger partial charge in [0.05, 0.1) is 12.0 Å². The Balaban J connectivity index is 2.80. The summed E-state index contributed by atoms with van der Waals surface area (Å²) in [5.41, 5.74) is -0.485. The number of methoxy groups -OCH3 is 1. The highest BCUT2D eigenvalue weighted by molar-refractivity contribution is 5.81. The van der Waals surface area contributed by atoms with E-state index < -0.39 is 28.6 Å². The highest BCUT2D eigenvalue weighted by Crippen LogP contribution is 2.11. The summed E-state index contributed by atoms with van der Waals surface area (Å²) in [5.74, 6) is -0.670. The van der Waals surface area contributed by atoms with Gasteiger partial charge in [0.1, 0.15) is 17.8 Å². The number of ether oxygens (including phenoxy) is 2. The Bertz CT molecular complexity index is 579. The molecule has 1 aromatic heterocycles. The second-order valence-corrected chi connectivity index (χ2v) is 5.69. The molecule has 1 rings (SSSR count). The molecule has 1 aromatic rings. The third-order valence-electron chi connectivity index (χ3n) is 2.61. The van der Waals surface area contributed by atoms with Crippen molar-refractivity contribution in [2.24, 2.45) is 0 Å². The Kier molecular flexibility index (Phi) is 6.00. The van der Waals surface area contributed by atoms with Gasteiger partial charge in [-0.2, -0.15) is 0 Å². The number of carbonyl (C=O) groups excluding carboxylic acids is 2. The topological polar surface area (TPSA) is 121 Å². The number of alkyl carbamates (subject to hydrolysis) is 1. The van der Waals surface area contributed by atoms with Gasteiger partial charge in [-0.15, -0.1) is 0 Å². The minimum Gasteiger partial charge on any atom is -0.467 e. The summed E-state index contributed by atoms with van der Waals surface area (Å²) in [6, 6.07) is 1.67. The van der Waals surface area contributed by atoms with Gasteiger partial charge in [0.2, 0.25) is 0 Å². The van der Waals surface area contributed by atoms with E-state index in [9.17, 15) is 19.7 Å². The lowest BCUT2D eigenvalue weighted by atomic mass is 10.1. The van der Waals surface area contributed by atoms with Crippen LogP contribution in [0.25, 0.3) is 0 Å². The van der Waals surface area contributed by atoms with Crippen LogP contribution < -0.4 is 5.32 Å². The zero-order valence-electron chi connectivity index (χ0n) is 13.4. The molecule has 0 fully saturated rings. The normalized spacial score (nSPS) is 12.2. The van der Waals surface area contributed by atoms with Crippen LogP contribution in [0.4, 0.5) is 10.5 Å². The van der Waals surface area contributed by atoms with Crippen molar-refractivity contribution in [3.8, 4) is 0 Å². The number of rotatable bonds is 5. The van der Waals surface area contributed by atoms with Crippen LogP contribution in [0.5, 0.6) is 0 Å². The van der Waals surface area contributed by atoms with E-state index in [1.807, 2.05) is 0 Å². The summed E-state index contributed by atoms with van der Waals surface area (Å²) >= 11 is 0. The third kappa shape index (κ3) is 6.29. The SMILES string of the molecule is COC(=O)C(Cc1ccc([N+](=O)[O-])cn1)NC(=O)OC(C)(C)C. The first-order valence-electron chi connectivity index (χ1n) is 6.79. The first-order chi connectivity index (χ1) is 10.6. The van der Waals surface area contributed by atoms with E-state index in [2.05, 4.69) is 15.0 Å². The van der Waals surface area contributed by atoms with E-state index in [0.717, 1.165) is 6.20 Å². The molecule has 126 valence electrons. The molecule has 1 amide bonds. The van der Waals surface area contributed by atoms with Crippen LogP contribution in [0, 0.1) is 10.1 Å². The van der Waals surface area contributed by atoms with E-state index in [0.29, 0.717) is 5.69 Å². The third-order valence-corrected chi connectivity index (χ3v) is 2.61. The van der Waals surface area contributed by atoms with Crippen molar-refractivity contribution in [2.75, 3.05) is 7.11 Å². The number of nitrogens with one attached hydrogen (secondary N) is 1. The predicted octanol–water partition coefficient (Wildman–Crippen LogP) is 1.60. The average Bonchev–Trinajstić information content (AvgIpc) is 2.44. The van der Waals surface area contributed by atoms with Gasteiger partial charge >= 0.3 is 12.1 Å². The van der Waals surface area contributed by atoms with Crippen molar-refractivity contribution in [1.82, 2.24) is 10.3 Å². The van der Waals surface area contributed by atoms with Gasteiger partial charge in [0.15, 0.2) is 0 Å². The fraction of sp³-hybridized carbons (Fsp3) is 0.500. The number of pyridine rings is 1. The Morgan fingerprint density at radius 3 is 2.48 bits per heavy atom. The van der Waals surface area contributed by atoms with Crippen LogP contribution in [-0.4, -0.2) is 40.7 Å². The molecule has 9 heteroatoms. The first-order valence-corrected chi connectivity index (χ1v) is 6.79. The zero-order chi connectivity index (χ0) is 17.6.